The van der Waals surface area contributed by atoms with Gasteiger partial charge in [0, 0.05) is 19.1 Å². The first-order valence-corrected chi connectivity index (χ1v) is 12.2. The number of carbonyl (C=O) groups excluding carboxylic acids is 1. The van der Waals surface area contributed by atoms with Crippen LogP contribution in [0.2, 0.25) is 0 Å². The van der Waals surface area contributed by atoms with E-state index in [1.807, 2.05) is 52.0 Å². The lowest BCUT2D eigenvalue weighted by Gasteiger charge is -2.32. The monoisotopic (exact) mass is 455 g/mol. The fourth-order valence-corrected chi connectivity index (χ4v) is 5.76. The van der Waals surface area contributed by atoms with Crippen LogP contribution in [0.4, 0.5) is 4.79 Å². The minimum Gasteiger partial charge on any atom is -0.456 e. The normalized spacial score (nSPS) is 14.8. The number of ether oxygens (including phenoxy) is 1. The van der Waals surface area contributed by atoms with Crippen molar-refractivity contribution in [1.82, 2.24) is 10.2 Å². The first kappa shape index (κ1) is 23.6. The number of likely N-dealkylation sites (tertiary alicyclic amines) is 1. The van der Waals surface area contributed by atoms with Crippen LogP contribution in [0, 0.1) is 25.2 Å². The Kier molecular flexibility index (Phi) is 7.09. The SMILES string of the molecule is Cc1cc(C)cc(Oc2ccc(C#N)cc2S(=O)(=O)C2CCN(C(=O)NC(C)C)CC2)c1. The van der Waals surface area contributed by atoms with Crippen molar-refractivity contribution >= 4 is 15.9 Å². The number of carbonyl (C=O) groups is 1. The fraction of sp³-hybridized carbons (Fsp3) is 0.417. The molecule has 2 aromatic carbocycles. The van der Waals surface area contributed by atoms with Gasteiger partial charge in [0.25, 0.3) is 0 Å². The first-order chi connectivity index (χ1) is 15.1. The van der Waals surface area contributed by atoms with Crippen molar-refractivity contribution in [2.24, 2.45) is 0 Å². The van der Waals surface area contributed by atoms with E-state index in [-0.39, 0.29) is 28.3 Å². The summed E-state index contributed by atoms with van der Waals surface area (Å²) in [5.74, 6) is 0.748. The van der Waals surface area contributed by atoms with Gasteiger partial charge in [-0.1, -0.05) is 6.07 Å². The number of rotatable bonds is 5. The zero-order valence-electron chi connectivity index (χ0n) is 18.9. The molecule has 0 saturated carbocycles. The number of aryl methyl sites for hydroxylation is 2. The third-order valence-electron chi connectivity index (χ3n) is 5.38. The molecule has 0 atom stereocenters. The predicted molar refractivity (Wildman–Crippen MR) is 123 cm³/mol. The summed E-state index contributed by atoms with van der Waals surface area (Å²) in [4.78, 5) is 13.9. The highest BCUT2D eigenvalue weighted by atomic mass is 32.2. The van der Waals surface area contributed by atoms with Gasteiger partial charge >= 0.3 is 6.03 Å². The lowest BCUT2D eigenvalue weighted by molar-refractivity contribution is 0.184. The van der Waals surface area contributed by atoms with Gasteiger partial charge in [-0.2, -0.15) is 5.26 Å². The summed E-state index contributed by atoms with van der Waals surface area (Å²) in [6.45, 7) is 8.36. The lowest BCUT2D eigenvalue weighted by Crippen LogP contribution is -2.48. The van der Waals surface area contributed by atoms with Crippen molar-refractivity contribution in [3.8, 4) is 17.6 Å². The number of benzene rings is 2. The Morgan fingerprint density at radius 3 is 2.31 bits per heavy atom. The van der Waals surface area contributed by atoms with Crippen LogP contribution in [0.5, 0.6) is 11.5 Å². The summed E-state index contributed by atoms with van der Waals surface area (Å²) in [6, 6.07) is 12.0. The topological polar surface area (TPSA) is 99.5 Å². The molecule has 32 heavy (non-hydrogen) atoms. The second kappa shape index (κ2) is 9.61. The quantitative estimate of drug-likeness (QED) is 0.724. The van der Waals surface area contributed by atoms with E-state index in [0.29, 0.717) is 31.7 Å². The Bertz CT molecular complexity index is 1120. The Morgan fingerprint density at radius 1 is 1.12 bits per heavy atom. The van der Waals surface area contributed by atoms with Crippen LogP contribution in [0.15, 0.2) is 41.3 Å². The highest BCUT2D eigenvalue weighted by molar-refractivity contribution is 7.92. The van der Waals surface area contributed by atoms with E-state index < -0.39 is 15.1 Å². The summed E-state index contributed by atoms with van der Waals surface area (Å²) >= 11 is 0. The molecule has 0 spiro atoms. The number of sulfone groups is 1. The average molecular weight is 456 g/mol. The van der Waals surface area contributed by atoms with Gasteiger partial charge in [0.1, 0.15) is 16.4 Å². The zero-order chi connectivity index (χ0) is 23.5. The summed E-state index contributed by atoms with van der Waals surface area (Å²) < 4.78 is 33.1. The Hall–Kier alpha value is -3.05. The summed E-state index contributed by atoms with van der Waals surface area (Å²) in [5, 5.41) is 11.5. The fourth-order valence-electron chi connectivity index (χ4n) is 3.89. The zero-order valence-corrected chi connectivity index (χ0v) is 19.7. The molecule has 0 bridgehead atoms. The van der Waals surface area contributed by atoms with Gasteiger partial charge in [-0.3, -0.25) is 0 Å². The molecule has 2 amide bonds. The van der Waals surface area contributed by atoms with Crippen molar-refractivity contribution in [2.45, 2.75) is 56.7 Å². The van der Waals surface area contributed by atoms with E-state index in [2.05, 4.69) is 5.32 Å². The molecule has 1 aliphatic rings. The largest absolute Gasteiger partial charge is 0.456 e. The number of hydrogen-bond donors (Lipinski definition) is 1. The molecule has 1 heterocycles. The molecule has 2 aromatic rings. The molecule has 3 rings (SSSR count). The molecule has 0 unspecified atom stereocenters. The van der Waals surface area contributed by atoms with Crippen LogP contribution in [-0.4, -0.2) is 43.7 Å². The summed E-state index contributed by atoms with van der Waals surface area (Å²) in [6.07, 6.45) is 0.654. The van der Waals surface area contributed by atoms with Crippen LogP contribution >= 0.6 is 0 Å². The number of nitrogens with zero attached hydrogens (tertiary/aromatic N) is 2. The maximum atomic E-state index is 13.5. The third kappa shape index (κ3) is 5.40. The maximum Gasteiger partial charge on any atom is 0.317 e. The minimum atomic E-state index is -3.77. The highest BCUT2D eigenvalue weighted by Crippen LogP contribution is 2.35. The molecule has 0 radical (unpaired) electrons. The standard InChI is InChI=1S/C24H29N3O4S/c1-16(2)26-24(28)27-9-7-21(8-10-27)32(29,30)23-14-19(15-25)5-6-22(23)31-20-12-17(3)11-18(4)13-20/h5-6,11-14,16,21H,7-10H2,1-4H3,(H,26,28). The smallest absolute Gasteiger partial charge is 0.317 e. The van der Waals surface area contributed by atoms with Crippen LogP contribution in [-0.2, 0) is 9.84 Å². The molecule has 8 heteroatoms. The van der Waals surface area contributed by atoms with Crippen LogP contribution in [0.3, 0.4) is 0 Å². The predicted octanol–water partition coefficient (Wildman–Crippen LogP) is 4.32. The summed E-state index contributed by atoms with van der Waals surface area (Å²) in [7, 11) is -3.77. The van der Waals surface area contributed by atoms with Crippen LogP contribution in [0.25, 0.3) is 0 Å². The molecule has 1 N–H and O–H groups in total. The number of hydrogen-bond acceptors (Lipinski definition) is 5. The van der Waals surface area contributed by atoms with Gasteiger partial charge in [0.2, 0.25) is 0 Å². The van der Waals surface area contributed by atoms with E-state index in [4.69, 9.17) is 4.74 Å². The number of nitriles is 1. The Balaban J connectivity index is 1.87. The van der Waals surface area contributed by atoms with Crippen molar-refractivity contribution < 1.29 is 17.9 Å². The van der Waals surface area contributed by atoms with E-state index in [9.17, 15) is 18.5 Å². The van der Waals surface area contributed by atoms with E-state index in [0.717, 1.165) is 11.1 Å². The molecular weight excluding hydrogens is 426 g/mol. The molecule has 1 fully saturated rings. The molecule has 1 saturated heterocycles. The molecule has 170 valence electrons. The number of urea groups is 1. The van der Waals surface area contributed by atoms with Crippen LogP contribution in [0.1, 0.15) is 43.4 Å². The molecule has 7 nitrogen and oxygen atoms in total. The highest BCUT2D eigenvalue weighted by Gasteiger charge is 2.35. The number of amides is 2. The Morgan fingerprint density at radius 2 is 1.75 bits per heavy atom. The second-order valence-electron chi connectivity index (χ2n) is 8.53. The van der Waals surface area contributed by atoms with Gasteiger partial charge in [0.15, 0.2) is 9.84 Å². The van der Waals surface area contributed by atoms with Crippen molar-refractivity contribution in [1.29, 1.82) is 5.26 Å². The number of piperidine rings is 1. The van der Waals surface area contributed by atoms with Crippen molar-refractivity contribution in [2.75, 3.05) is 13.1 Å². The van der Waals surface area contributed by atoms with Gasteiger partial charge < -0.3 is 15.0 Å². The van der Waals surface area contributed by atoms with Gasteiger partial charge in [0.05, 0.1) is 16.9 Å². The molecule has 0 aromatic heterocycles. The first-order valence-electron chi connectivity index (χ1n) is 10.7. The summed E-state index contributed by atoms with van der Waals surface area (Å²) in [5.41, 5.74) is 2.26. The molecular formula is C24H29N3O4S. The third-order valence-corrected chi connectivity index (χ3v) is 7.66. The number of nitrogens with one attached hydrogen (secondary N) is 1. The van der Waals surface area contributed by atoms with Crippen LogP contribution < -0.4 is 10.1 Å². The minimum absolute atomic E-state index is 0.0146. The molecule has 1 aliphatic heterocycles. The van der Waals surface area contributed by atoms with E-state index in [1.165, 1.54) is 12.1 Å². The van der Waals surface area contributed by atoms with Gasteiger partial charge in [-0.25, -0.2) is 13.2 Å². The maximum absolute atomic E-state index is 13.5. The van der Waals surface area contributed by atoms with Gasteiger partial charge in [-0.15, -0.1) is 0 Å². The lowest BCUT2D eigenvalue weighted by atomic mass is 10.1. The van der Waals surface area contributed by atoms with Crippen molar-refractivity contribution in [3.63, 3.8) is 0 Å². The van der Waals surface area contributed by atoms with E-state index in [1.54, 1.807) is 11.0 Å². The van der Waals surface area contributed by atoms with Gasteiger partial charge in [-0.05, 0) is 82.0 Å². The molecule has 0 aliphatic carbocycles. The Labute approximate surface area is 189 Å². The van der Waals surface area contributed by atoms with E-state index >= 15 is 0 Å². The average Bonchev–Trinajstić information content (AvgIpc) is 2.73. The second-order valence-corrected chi connectivity index (χ2v) is 10.7. The van der Waals surface area contributed by atoms with Crippen molar-refractivity contribution in [3.05, 3.63) is 53.1 Å².